The lowest BCUT2D eigenvalue weighted by atomic mass is 10.1. The van der Waals surface area contributed by atoms with E-state index in [0.717, 1.165) is 41.8 Å². The Bertz CT molecular complexity index is 794. The quantitative estimate of drug-likeness (QED) is 0.764. The highest BCUT2D eigenvalue weighted by molar-refractivity contribution is 7.91. The molecule has 0 bridgehead atoms. The molecule has 0 atom stereocenters. The lowest BCUT2D eigenvalue weighted by Crippen LogP contribution is -2.41. The zero-order valence-corrected chi connectivity index (χ0v) is 14.4. The molecule has 0 spiro atoms. The molecule has 6 nitrogen and oxygen atoms in total. The molecule has 0 aliphatic carbocycles. The van der Waals surface area contributed by atoms with Crippen LogP contribution < -0.4 is 5.32 Å². The molecule has 1 aliphatic rings. The first-order valence-corrected chi connectivity index (χ1v) is 10.1. The minimum absolute atomic E-state index is 0.0514. The summed E-state index contributed by atoms with van der Waals surface area (Å²) < 4.78 is 22.8. The van der Waals surface area contributed by atoms with E-state index in [-0.39, 0.29) is 18.1 Å². The van der Waals surface area contributed by atoms with Crippen molar-refractivity contribution in [1.82, 2.24) is 9.88 Å². The molecule has 0 unspecified atom stereocenters. The number of nitrogens with zero attached hydrogens (tertiary/aromatic N) is 2. The molecular weight excluding hydrogens is 326 g/mol. The van der Waals surface area contributed by atoms with E-state index in [1.807, 2.05) is 30.3 Å². The second-order valence-corrected chi connectivity index (χ2v) is 8.42. The van der Waals surface area contributed by atoms with E-state index in [9.17, 15) is 13.5 Å². The average molecular weight is 349 g/mol. The Labute approximate surface area is 142 Å². The van der Waals surface area contributed by atoms with Crippen molar-refractivity contribution in [1.29, 1.82) is 0 Å². The molecule has 1 saturated heterocycles. The van der Waals surface area contributed by atoms with E-state index in [0.29, 0.717) is 13.1 Å². The molecule has 2 N–H and O–H groups in total. The second kappa shape index (κ2) is 7.46. The van der Waals surface area contributed by atoms with Crippen molar-refractivity contribution in [2.75, 3.05) is 43.0 Å². The van der Waals surface area contributed by atoms with Crippen LogP contribution in [0.5, 0.6) is 0 Å². The third-order valence-electron chi connectivity index (χ3n) is 4.35. The van der Waals surface area contributed by atoms with Crippen LogP contribution in [0.25, 0.3) is 10.9 Å². The molecule has 0 amide bonds. The third-order valence-corrected chi connectivity index (χ3v) is 5.96. The summed E-state index contributed by atoms with van der Waals surface area (Å²) in [4.78, 5) is 6.77. The molecule has 1 aliphatic heterocycles. The maximum Gasteiger partial charge on any atom is 0.152 e. The van der Waals surface area contributed by atoms with Crippen molar-refractivity contribution < 1.29 is 13.5 Å². The first-order chi connectivity index (χ1) is 11.6. The van der Waals surface area contributed by atoms with E-state index in [1.165, 1.54) is 0 Å². The van der Waals surface area contributed by atoms with Gasteiger partial charge in [0.2, 0.25) is 0 Å². The molecule has 7 heteroatoms. The third kappa shape index (κ3) is 4.23. The van der Waals surface area contributed by atoms with Gasteiger partial charge >= 0.3 is 0 Å². The lowest BCUT2D eigenvalue weighted by Gasteiger charge is -2.26. The van der Waals surface area contributed by atoms with Gasteiger partial charge in [-0.05, 0) is 25.1 Å². The van der Waals surface area contributed by atoms with Crippen LogP contribution in [0.1, 0.15) is 12.0 Å². The summed E-state index contributed by atoms with van der Waals surface area (Å²) in [5.41, 5.74) is 1.69. The largest absolute Gasteiger partial charge is 0.392 e. The van der Waals surface area contributed by atoms with Crippen LogP contribution in [0.3, 0.4) is 0 Å². The monoisotopic (exact) mass is 349 g/mol. The zero-order valence-electron chi connectivity index (χ0n) is 13.6. The first kappa shape index (κ1) is 17.1. The second-order valence-electron chi connectivity index (χ2n) is 6.12. The van der Waals surface area contributed by atoms with Crippen LogP contribution >= 0.6 is 0 Å². The zero-order chi connectivity index (χ0) is 17.0. The molecule has 0 saturated carbocycles. The summed E-state index contributed by atoms with van der Waals surface area (Å²) in [6.45, 7) is 2.80. The summed E-state index contributed by atoms with van der Waals surface area (Å²) in [5.74, 6) is 1.25. The number of aromatic nitrogens is 1. The number of nitrogens with one attached hydrogen (secondary N) is 1. The van der Waals surface area contributed by atoms with Gasteiger partial charge in [0.05, 0.1) is 23.6 Å². The van der Waals surface area contributed by atoms with Gasteiger partial charge in [-0.3, -0.25) is 0 Å². The van der Waals surface area contributed by atoms with Gasteiger partial charge < -0.3 is 15.3 Å². The van der Waals surface area contributed by atoms with Crippen LogP contribution in [-0.4, -0.2) is 61.1 Å². The normalized spacial score (nSPS) is 17.9. The van der Waals surface area contributed by atoms with Gasteiger partial charge in [0.15, 0.2) is 9.84 Å². The number of aliphatic hydroxyl groups excluding tert-OH is 1. The Morgan fingerprint density at radius 1 is 1.21 bits per heavy atom. The summed E-state index contributed by atoms with van der Waals surface area (Å²) in [5, 5.41) is 13.9. The number of para-hydroxylation sites is 1. The summed E-state index contributed by atoms with van der Waals surface area (Å²) in [7, 11) is -2.81. The first-order valence-electron chi connectivity index (χ1n) is 8.23. The van der Waals surface area contributed by atoms with E-state index >= 15 is 0 Å². The van der Waals surface area contributed by atoms with Gasteiger partial charge in [-0.2, -0.15) is 0 Å². The number of fused-ring (bicyclic) bond motifs is 1. The molecule has 130 valence electrons. The van der Waals surface area contributed by atoms with Crippen molar-refractivity contribution in [3.63, 3.8) is 0 Å². The van der Waals surface area contributed by atoms with Crippen LogP contribution in [0, 0.1) is 0 Å². The van der Waals surface area contributed by atoms with Gasteiger partial charge in [-0.25, -0.2) is 13.4 Å². The number of rotatable bonds is 6. The maximum atomic E-state index is 11.4. The average Bonchev–Trinajstić information content (AvgIpc) is 2.59. The number of aliphatic hydroxyl groups is 1. The van der Waals surface area contributed by atoms with Crippen molar-refractivity contribution in [3.8, 4) is 0 Å². The predicted octanol–water partition coefficient (Wildman–Crippen LogP) is 1.26. The Morgan fingerprint density at radius 3 is 2.71 bits per heavy atom. The fourth-order valence-electron chi connectivity index (χ4n) is 2.92. The number of pyridine rings is 1. The minimum Gasteiger partial charge on any atom is -0.392 e. The summed E-state index contributed by atoms with van der Waals surface area (Å²) in [6.07, 6.45) is 0.902. The molecular formula is C17H23N3O3S. The SMILES string of the molecule is O=S1(=O)CCN(CCCNc2nc3ccccc3cc2CO)CC1. The number of sulfone groups is 1. The van der Waals surface area contributed by atoms with Crippen LogP contribution in [0.2, 0.25) is 0 Å². The van der Waals surface area contributed by atoms with E-state index < -0.39 is 9.84 Å². The number of benzene rings is 1. The molecule has 1 fully saturated rings. The molecule has 0 radical (unpaired) electrons. The summed E-state index contributed by atoms with van der Waals surface area (Å²) >= 11 is 0. The number of hydrogen-bond donors (Lipinski definition) is 2. The highest BCUT2D eigenvalue weighted by Gasteiger charge is 2.20. The maximum absolute atomic E-state index is 11.4. The molecule has 3 rings (SSSR count). The summed E-state index contributed by atoms with van der Waals surface area (Å²) in [6, 6.07) is 9.80. The van der Waals surface area contributed by atoms with Gasteiger partial charge in [0.1, 0.15) is 5.82 Å². The fraction of sp³-hybridized carbons (Fsp3) is 0.471. The van der Waals surface area contributed by atoms with Crippen molar-refractivity contribution >= 4 is 26.6 Å². The van der Waals surface area contributed by atoms with Crippen LogP contribution in [0.15, 0.2) is 30.3 Å². The minimum atomic E-state index is -2.81. The Morgan fingerprint density at radius 2 is 1.96 bits per heavy atom. The van der Waals surface area contributed by atoms with Crippen molar-refractivity contribution in [2.24, 2.45) is 0 Å². The Kier molecular flexibility index (Phi) is 5.33. The van der Waals surface area contributed by atoms with E-state index in [4.69, 9.17) is 0 Å². The van der Waals surface area contributed by atoms with Gasteiger partial charge in [-0.15, -0.1) is 0 Å². The van der Waals surface area contributed by atoms with Gasteiger partial charge in [0, 0.05) is 30.6 Å². The van der Waals surface area contributed by atoms with Crippen LogP contribution in [0.4, 0.5) is 5.82 Å². The number of hydrogen-bond acceptors (Lipinski definition) is 6. The fourth-order valence-corrected chi connectivity index (χ4v) is 4.19. The standard InChI is InChI=1S/C17H23N3O3S/c21-13-15-12-14-4-1-2-5-16(14)19-17(15)18-6-3-7-20-8-10-24(22,23)11-9-20/h1-2,4-5,12,21H,3,6-11,13H2,(H,18,19). The Balaban J connectivity index is 1.54. The highest BCUT2D eigenvalue weighted by atomic mass is 32.2. The van der Waals surface area contributed by atoms with Gasteiger partial charge in [0.25, 0.3) is 0 Å². The van der Waals surface area contributed by atoms with Gasteiger partial charge in [-0.1, -0.05) is 18.2 Å². The van der Waals surface area contributed by atoms with Crippen LogP contribution in [-0.2, 0) is 16.4 Å². The number of anilines is 1. The molecule has 1 aromatic carbocycles. The highest BCUT2D eigenvalue weighted by Crippen LogP contribution is 2.20. The smallest absolute Gasteiger partial charge is 0.152 e. The van der Waals surface area contributed by atoms with E-state index in [2.05, 4.69) is 15.2 Å². The Hall–Kier alpha value is -1.70. The molecule has 2 heterocycles. The molecule has 1 aromatic heterocycles. The van der Waals surface area contributed by atoms with Crippen molar-refractivity contribution in [2.45, 2.75) is 13.0 Å². The predicted molar refractivity (Wildman–Crippen MR) is 95.9 cm³/mol. The molecule has 24 heavy (non-hydrogen) atoms. The van der Waals surface area contributed by atoms with E-state index in [1.54, 1.807) is 0 Å². The molecule has 2 aromatic rings. The topological polar surface area (TPSA) is 82.5 Å². The lowest BCUT2D eigenvalue weighted by molar-refractivity contribution is 0.282. The van der Waals surface area contributed by atoms with Crippen molar-refractivity contribution in [3.05, 3.63) is 35.9 Å².